The molecular formula is C5H11NO2S. The summed E-state index contributed by atoms with van der Waals surface area (Å²) >= 11 is -2.03. The monoisotopic (exact) mass is 149 g/mol. The van der Waals surface area contributed by atoms with E-state index in [0.717, 1.165) is 0 Å². The summed E-state index contributed by atoms with van der Waals surface area (Å²) in [6.07, 6.45) is 0. The first kappa shape index (κ1) is 8.78. The Hall–Kier alpha value is -0.220. The molecule has 1 unspecified atom stereocenters. The van der Waals surface area contributed by atoms with E-state index < -0.39 is 11.3 Å². The second-order valence-corrected chi connectivity index (χ2v) is 2.76. The van der Waals surface area contributed by atoms with Crippen LogP contribution < -0.4 is 0 Å². The van der Waals surface area contributed by atoms with Crippen molar-refractivity contribution in [2.45, 2.75) is 20.8 Å². The molecule has 54 valence electrons. The van der Waals surface area contributed by atoms with E-state index in [4.69, 9.17) is 4.55 Å². The summed E-state index contributed by atoms with van der Waals surface area (Å²) in [5.74, 6) is 0.251. The molecule has 0 aliphatic carbocycles. The van der Waals surface area contributed by atoms with Crippen LogP contribution in [-0.2, 0) is 11.3 Å². The first-order valence-corrected chi connectivity index (χ1v) is 3.76. The molecule has 3 nitrogen and oxygen atoms in total. The van der Waals surface area contributed by atoms with E-state index in [9.17, 15) is 4.21 Å². The maximum Gasteiger partial charge on any atom is 0.281 e. The Labute approximate surface area is 57.6 Å². The lowest BCUT2D eigenvalue weighted by molar-refractivity contribution is 0.566. The van der Waals surface area contributed by atoms with E-state index in [-0.39, 0.29) is 5.92 Å². The molecule has 1 N–H and O–H groups in total. The second kappa shape index (κ2) is 3.74. The minimum Gasteiger partial charge on any atom is -0.288 e. The van der Waals surface area contributed by atoms with Gasteiger partial charge < -0.3 is 0 Å². The van der Waals surface area contributed by atoms with Crippen molar-refractivity contribution in [1.82, 2.24) is 0 Å². The molecule has 0 aliphatic rings. The van der Waals surface area contributed by atoms with Crippen LogP contribution in [0.2, 0.25) is 0 Å². The molecular weight excluding hydrogens is 138 g/mol. The van der Waals surface area contributed by atoms with Crippen LogP contribution in [0.15, 0.2) is 4.40 Å². The molecule has 9 heavy (non-hydrogen) atoms. The molecule has 0 aromatic carbocycles. The minimum absolute atomic E-state index is 0.251. The van der Waals surface area contributed by atoms with Crippen LogP contribution in [0.3, 0.4) is 0 Å². The van der Waals surface area contributed by atoms with Crippen molar-refractivity contribution in [2.75, 3.05) is 0 Å². The van der Waals surface area contributed by atoms with Crippen LogP contribution in [0, 0.1) is 5.92 Å². The fourth-order valence-corrected chi connectivity index (χ4v) is 0.686. The largest absolute Gasteiger partial charge is 0.288 e. The van der Waals surface area contributed by atoms with Gasteiger partial charge in [0.25, 0.3) is 11.3 Å². The normalized spacial score (nSPS) is 16.3. The molecule has 0 bridgehead atoms. The van der Waals surface area contributed by atoms with Gasteiger partial charge in [-0.3, -0.25) is 4.55 Å². The molecule has 0 aliphatic heterocycles. The van der Waals surface area contributed by atoms with Gasteiger partial charge in [-0.25, -0.2) is 4.21 Å². The quantitative estimate of drug-likeness (QED) is 0.474. The van der Waals surface area contributed by atoms with Crippen molar-refractivity contribution in [2.24, 2.45) is 10.3 Å². The van der Waals surface area contributed by atoms with Crippen molar-refractivity contribution >= 4 is 17.0 Å². The van der Waals surface area contributed by atoms with E-state index in [1.54, 1.807) is 6.92 Å². The molecule has 0 rings (SSSR count). The van der Waals surface area contributed by atoms with Crippen molar-refractivity contribution < 1.29 is 8.76 Å². The maximum atomic E-state index is 10.0. The number of hydrogen-bond acceptors (Lipinski definition) is 1. The lowest BCUT2D eigenvalue weighted by Crippen LogP contribution is -2.02. The lowest BCUT2D eigenvalue weighted by Gasteiger charge is -1.99. The molecule has 0 fully saturated rings. The second-order valence-electron chi connectivity index (χ2n) is 2.12. The van der Waals surface area contributed by atoms with Crippen LogP contribution in [0.25, 0.3) is 0 Å². The SMILES string of the molecule is C/C(=N\S(=O)O)C(C)C. The number of nitrogens with zero attached hydrogens (tertiary/aromatic N) is 1. The molecule has 1 atom stereocenters. The first-order chi connectivity index (χ1) is 4.04. The summed E-state index contributed by atoms with van der Waals surface area (Å²) in [6, 6.07) is 0. The van der Waals surface area contributed by atoms with Gasteiger partial charge in [-0.2, -0.15) is 4.40 Å². The summed E-state index contributed by atoms with van der Waals surface area (Å²) in [7, 11) is 0. The molecule has 0 amide bonds. The van der Waals surface area contributed by atoms with Gasteiger partial charge in [-0.1, -0.05) is 13.8 Å². The summed E-state index contributed by atoms with van der Waals surface area (Å²) in [6.45, 7) is 5.58. The predicted octanol–water partition coefficient (Wildman–Crippen LogP) is 1.24. The van der Waals surface area contributed by atoms with Crippen molar-refractivity contribution in [3.8, 4) is 0 Å². The van der Waals surface area contributed by atoms with Gasteiger partial charge in [0.1, 0.15) is 0 Å². The van der Waals surface area contributed by atoms with Gasteiger partial charge in [-0.15, -0.1) is 0 Å². The maximum absolute atomic E-state index is 10.0. The van der Waals surface area contributed by atoms with E-state index in [1.165, 1.54) is 0 Å². The molecule has 0 spiro atoms. The van der Waals surface area contributed by atoms with Crippen LogP contribution in [-0.4, -0.2) is 14.5 Å². The highest BCUT2D eigenvalue weighted by molar-refractivity contribution is 7.78. The van der Waals surface area contributed by atoms with Crippen LogP contribution >= 0.6 is 0 Å². The zero-order valence-corrected chi connectivity index (χ0v) is 6.60. The van der Waals surface area contributed by atoms with E-state index in [2.05, 4.69) is 4.40 Å². The first-order valence-electron chi connectivity index (χ1n) is 2.70. The predicted molar refractivity (Wildman–Crippen MR) is 38.7 cm³/mol. The lowest BCUT2D eigenvalue weighted by atomic mass is 10.1. The Morgan fingerprint density at radius 2 is 2.11 bits per heavy atom. The summed E-state index contributed by atoms with van der Waals surface area (Å²) in [5.41, 5.74) is 0.704. The number of rotatable bonds is 2. The molecule has 0 aromatic rings. The van der Waals surface area contributed by atoms with Crippen molar-refractivity contribution in [3.63, 3.8) is 0 Å². The Bertz CT molecular complexity index is 142. The van der Waals surface area contributed by atoms with Gasteiger partial charge in [0.05, 0.1) is 0 Å². The zero-order chi connectivity index (χ0) is 7.44. The summed E-state index contributed by atoms with van der Waals surface area (Å²) in [5, 5.41) is 0. The average molecular weight is 149 g/mol. The Morgan fingerprint density at radius 1 is 1.67 bits per heavy atom. The van der Waals surface area contributed by atoms with E-state index in [0.29, 0.717) is 5.71 Å². The minimum atomic E-state index is -2.03. The van der Waals surface area contributed by atoms with Crippen molar-refractivity contribution in [1.29, 1.82) is 0 Å². The van der Waals surface area contributed by atoms with Gasteiger partial charge in [0, 0.05) is 5.71 Å². The Kier molecular flexibility index (Phi) is 3.65. The Balaban J connectivity index is 4.00. The fourth-order valence-electron chi connectivity index (χ4n) is 0.229. The third kappa shape index (κ3) is 4.29. The van der Waals surface area contributed by atoms with Gasteiger partial charge in [0.15, 0.2) is 0 Å². The fraction of sp³-hybridized carbons (Fsp3) is 0.800. The van der Waals surface area contributed by atoms with Crippen LogP contribution in [0.4, 0.5) is 0 Å². The van der Waals surface area contributed by atoms with E-state index >= 15 is 0 Å². The standard InChI is InChI=1S/C5H11NO2S/c1-4(2)5(3)6-9(7)8/h4H,1-3H3,(H,7,8)/b6-5+. The average Bonchev–Trinajstić information content (AvgIpc) is 1.63. The van der Waals surface area contributed by atoms with Gasteiger partial charge >= 0.3 is 0 Å². The molecule has 0 saturated carbocycles. The highest BCUT2D eigenvalue weighted by atomic mass is 32.2. The van der Waals surface area contributed by atoms with E-state index in [1.807, 2.05) is 13.8 Å². The smallest absolute Gasteiger partial charge is 0.281 e. The van der Waals surface area contributed by atoms with Crippen LogP contribution in [0.5, 0.6) is 0 Å². The highest BCUT2D eigenvalue weighted by Gasteiger charge is 1.98. The molecule has 4 heteroatoms. The zero-order valence-electron chi connectivity index (χ0n) is 5.79. The summed E-state index contributed by atoms with van der Waals surface area (Å²) in [4.78, 5) is 0. The molecule has 0 saturated heterocycles. The summed E-state index contributed by atoms with van der Waals surface area (Å²) < 4.78 is 21.7. The molecule has 0 heterocycles. The highest BCUT2D eigenvalue weighted by Crippen LogP contribution is 1.96. The topological polar surface area (TPSA) is 49.7 Å². The van der Waals surface area contributed by atoms with Crippen LogP contribution in [0.1, 0.15) is 20.8 Å². The third-order valence-electron chi connectivity index (χ3n) is 1.06. The van der Waals surface area contributed by atoms with Gasteiger partial charge in [-0.05, 0) is 12.8 Å². The third-order valence-corrected chi connectivity index (χ3v) is 1.50. The van der Waals surface area contributed by atoms with Gasteiger partial charge in [0.2, 0.25) is 0 Å². The number of hydrogen-bond donors (Lipinski definition) is 1. The molecule has 0 radical (unpaired) electrons. The van der Waals surface area contributed by atoms with Crippen molar-refractivity contribution in [3.05, 3.63) is 0 Å². The Morgan fingerprint density at radius 3 is 2.22 bits per heavy atom. The molecule has 0 aromatic heterocycles.